The van der Waals surface area contributed by atoms with Crippen molar-refractivity contribution in [3.05, 3.63) is 11.3 Å². The summed E-state index contributed by atoms with van der Waals surface area (Å²) in [6, 6.07) is 2.12. The third kappa shape index (κ3) is 2.30. The molecule has 0 aromatic carbocycles. The largest absolute Gasteiger partial charge is 0.446 e. The second kappa shape index (κ2) is 4.48. The van der Waals surface area contributed by atoms with Gasteiger partial charge < -0.3 is 4.74 Å². The maximum Gasteiger partial charge on any atom is 0.204 e. The minimum absolute atomic E-state index is 0.00884. The lowest BCUT2D eigenvalue weighted by Crippen LogP contribution is -2.41. The van der Waals surface area contributed by atoms with Crippen LogP contribution in [0.1, 0.15) is 40.5 Å². The number of nitriles is 1. The van der Waals surface area contributed by atoms with E-state index in [1.165, 1.54) is 0 Å². The van der Waals surface area contributed by atoms with Gasteiger partial charge >= 0.3 is 0 Å². The van der Waals surface area contributed by atoms with E-state index in [4.69, 9.17) is 10.1 Å². The van der Waals surface area contributed by atoms with Crippen molar-refractivity contribution in [2.45, 2.75) is 40.5 Å². The smallest absolute Gasteiger partial charge is 0.204 e. The van der Waals surface area contributed by atoms with Gasteiger partial charge in [-0.2, -0.15) is 5.26 Å². The summed E-state index contributed by atoms with van der Waals surface area (Å²) in [5.74, 6) is -0.00238. The van der Waals surface area contributed by atoms with Crippen molar-refractivity contribution in [2.24, 2.45) is 23.2 Å². The van der Waals surface area contributed by atoms with Gasteiger partial charge in [-0.15, -0.1) is 0 Å². The van der Waals surface area contributed by atoms with Crippen LogP contribution in [0.5, 0.6) is 0 Å². The van der Waals surface area contributed by atoms with Crippen LogP contribution in [0.15, 0.2) is 11.3 Å². The van der Waals surface area contributed by atoms with Gasteiger partial charge in [-0.3, -0.25) is 10.2 Å². The monoisotopic (exact) mass is 260 g/mol. The van der Waals surface area contributed by atoms with E-state index in [1.54, 1.807) is 0 Å². The van der Waals surface area contributed by atoms with E-state index >= 15 is 0 Å². The summed E-state index contributed by atoms with van der Waals surface area (Å²) in [5, 5.41) is 17.2. The van der Waals surface area contributed by atoms with Gasteiger partial charge in [0.1, 0.15) is 11.7 Å². The van der Waals surface area contributed by atoms with Crippen LogP contribution in [-0.2, 0) is 9.53 Å². The average Bonchev–Trinajstić information content (AvgIpc) is 2.24. The molecule has 1 N–H and O–H groups in total. The summed E-state index contributed by atoms with van der Waals surface area (Å²) in [5.41, 5.74) is 0.536. The molecule has 0 saturated carbocycles. The Hall–Kier alpha value is -1.63. The van der Waals surface area contributed by atoms with E-state index in [0.717, 1.165) is 0 Å². The summed E-state index contributed by atoms with van der Waals surface area (Å²) < 4.78 is 5.50. The highest BCUT2D eigenvalue weighted by molar-refractivity contribution is 6.00. The minimum atomic E-state index is -0.635. The van der Waals surface area contributed by atoms with Crippen LogP contribution < -0.4 is 0 Å². The van der Waals surface area contributed by atoms with Crippen molar-refractivity contribution in [2.75, 3.05) is 0 Å². The summed E-state index contributed by atoms with van der Waals surface area (Å²) in [7, 11) is 0. The molecule has 0 amide bonds. The standard InChI is InChI=1S/C15H20N2O2/c1-8(2)12-9(7-16)14(17)19-11-6-15(3,4)5-10(18)13(11)12/h8-9,12,17H,5-6H2,1-4H3. The molecule has 0 spiro atoms. The summed E-state index contributed by atoms with van der Waals surface area (Å²) >= 11 is 0. The first-order chi connectivity index (χ1) is 8.76. The number of rotatable bonds is 1. The number of nitrogens with one attached hydrogen (secondary N) is 1. The zero-order chi connectivity index (χ0) is 14.4. The molecule has 0 saturated heterocycles. The van der Waals surface area contributed by atoms with Crippen LogP contribution in [0.25, 0.3) is 0 Å². The highest BCUT2D eigenvalue weighted by atomic mass is 16.5. The van der Waals surface area contributed by atoms with Gasteiger partial charge in [-0.25, -0.2) is 0 Å². The number of hydrogen-bond acceptors (Lipinski definition) is 4. The van der Waals surface area contributed by atoms with Gasteiger partial charge in [0.2, 0.25) is 5.90 Å². The Kier molecular flexibility index (Phi) is 3.25. The highest BCUT2D eigenvalue weighted by Gasteiger charge is 2.46. The number of hydrogen-bond donors (Lipinski definition) is 1. The molecule has 0 aromatic heterocycles. The molecule has 19 heavy (non-hydrogen) atoms. The normalized spacial score (nSPS) is 29.9. The van der Waals surface area contributed by atoms with Crippen LogP contribution in [0, 0.1) is 39.9 Å². The van der Waals surface area contributed by atoms with Gasteiger partial charge in [0.15, 0.2) is 5.78 Å². The molecule has 0 radical (unpaired) electrons. The molecule has 0 fully saturated rings. The molecule has 4 nitrogen and oxygen atoms in total. The van der Waals surface area contributed by atoms with Gasteiger partial charge in [0, 0.05) is 24.3 Å². The Morgan fingerprint density at radius 2 is 2.05 bits per heavy atom. The van der Waals surface area contributed by atoms with Gasteiger partial charge in [-0.05, 0) is 11.3 Å². The Morgan fingerprint density at radius 3 is 2.58 bits per heavy atom. The first-order valence-electron chi connectivity index (χ1n) is 6.69. The van der Waals surface area contributed by atoms with Gasteiger partial charge in [-0.1, -0.05) is 27.7 Å². The van der Waals surface area contributed by atoms with Crippen molar-refractivity contribution in [3.63, 3.8) is 0 Å². The molecule has 102 valence electrons. The van der Waals surface area contributed by atoms with Crippen LogP contribution in [0.2, 0.25) is 0 Å². The van der Waals surface area contributed by atoms with E-state index in [1.807, 2.05) is 27.7 Å². The molecule has 1 aliphatic carbocycles. The molecule has 2 rings (SSSR count). The van der Waals surface area contributed by atoms with E-state index < -0.39 is 5.92 Å². The second-order valence-corrected chi connectivity index (χ2v) is 6.62. The Balaban J connectivity index is 2.53. The number of ketones is 1. The molecule has 1 heterocycles. The van der Waals surface area contributed by atoms with Crippen molar-refractivity contribution >= 4 is 11.7 Å². The summed E-state index contributed by atoms with van der Waals surface area (Å²) in [4.78, 5) is 12.4. The molecular weight excluding hydrogens is 240 g/mol. The first-order valence-corrected chi connectivity index (χ1v) is 6.69. The zero-order valence-corrected chi connectivity index (χ0v) is 11.9. The maximum atomic E-state index is 12.4. The number of ether oxygens (including phenoxy) is 1. The SMILES string of the molecule is CC(C)C1C2=C(CC(C)(C)CC2=O)OC(=N)C1C#N. The minimum Gasteiger partial charge on any atom is -0.446 e. The van der Waals surface area contributed by atoms with E-state index in [0.29, 0.717) is 24.2 Å². The topological polar surface area (TPSA) is 73.9 Å². The molecule has 4 heteroatoms. The number of allylic oxidation sites excluding steroid dienone is 2. The molecule has 0 aromatic rings. The average molecular weight is 260 g/mol. The molecule has 1 aliphatic heterocycles. The van der Waals surface area contributed by atoms with Crippen molar-refractivity contribution in [1.29, 1.82) is 10.7 Å². The van der Waals surface area contributed by atoms with Crippen molar-refractivity contribution in [3.8, 4) is 6.07 Å². The number of carbonyl (C=O) groups excluding carboxylic acids is 1. The lowest BCUT2D eigenvalue weighted by Gasteiger charge is -2.40. The third-order valence-corrected chi connectivity index (χ3v) is 3.94. The van der Waals surface area contributed by atoms with E-state index in [9.17, 15) is 10.1 Å². The van der Waals surface area contributed by atoms with Crippen molar-refractivity contribution in [1.82, 2.24) is 0 Å². The predicted molar refractivity (Wildman–Crippen MR) is 71.3 cm³/mol. The Labute approximate surface area is 114 Å². The quantitative estimate of drug-likeness (QED) is 0.787. The van der Waals surface area contributed by atoms with E-state index in [2.05, 4.69) is 6.07 Å². The molecule has 0 bridgehead atoms. The molecule has 2 unspecified atom stereocenters. The van der Waals surface area contributed by atoms with Crippen LogP contribution in [0.3, 0.4) is 0 Å². The fourth-order valence-corrected chi connectivity index (χ4v) is 3.12. The lowest BCUT2D eigenvalue weighted by atomic mass is 9.67. The summed E-state index contributed by atoms with van der Waals surface area (Å²) in [6.07, 6.45) is 1.15. The molecular formula is C15H20N2O2. The first kappa shape index (κ1) is 13.8. The maximum absolute atomic E-state index is 12.4. The van der Waals surface area contributed by atoms with Crippen LogP contribution >= 0.6 is 0 Å². The lowest BCUT2D eigenvalue weighted by molar-refractivity contribution is -0.119. The van der Waals surface area contributed by atoms with Crippen LogP contribution in [-0.4, -0.2) is 11.7 Å². The van der Waals surface area contributed by atoms with E-state index in [-0.39, 0.29) is 28.9 Å². The third-order valence-electron chi connectivity index (χ3n) is 3.94. The van der Waals surface area contributed by atoms with Gasteiger partial charge in [0.05, 0.1) is 6.07 Å². The fraction of sp³-hybridized carbons (Fsp3) is 0.667. The number of carbonyl (C=O) groups is 1. The summed E-state index contributed by atoms with van der Waals surface area (Å²) in [6.45, 7) is 8.04. The number of nitrogens with zero attached hydrogens (tertiary/aromatic N) is 1. The Morgan fingerprint density at radius 1 is 1.42 bits per heavy atom. The fourth-order valence-electron chi connectivity index (χ4n) is 3.12. The van der Waals surface area contributed by atoms with Crippen molar-refractivity contribution < 1.29 is 9.53 Å². The Bertz CT molecular complexity index is 509. The van der Waals surface area contributed by atoms with Crippen LogP contribution in [0.4, 0.5) is 0 Å². The molecule has 2 aliphatic rings. The molecule has 2 atom stereocenters. The zero-order valence-electron chi connectivity index (χ0n) is 11.9. The van der Waals surface area contributed by atoms with Gasteiger partial charge in [0.25, 0.3) is 0 Å². The highest BCUT2D eigenvalue weighted by Crippen LogP contribution is 2.46. The number of Topliss-reactive ketones (excluding diaryl/α,β-unsaturated/α-hetero) is 1. The second-order valence-electron chi connectivity index (χ2n) is 6.62. The predicted octanol–water partition coefficient (Wildman–Crippen LogP) is 3.05.